The van der Waals surface area contributed by atoms with E-state index in [1.807, 2.05) is 0 Å². The van der Waals surface area contributed by atoms with Crippen LogP contribution >= 0.6 is 34.8 Å². The topological polar surface area (TPSA) is 38.3 Å². The minimum Gasteiger partial charge on any atom is -0.383 e. The lowest BCUT2D eigenvalue weighted by molar-refractivity contribution is 0.0949. The van der Waals surface area contributed by atoms with Gasteiger partial charge in [-0.2, -0.15) is 0 Å². The zero-order valence-electron chi connectivity index (χ0n) is 9.17. The molecule has 17 heavy (non-hydrogen) atoms. The van der Waals surface area contributed by atoms with Gasteiger partial charge >= 0.3 is 0 Å². The Hall–Kier alpha value is -0.480. The number of alkyl halides is 1. The van der Waals surface area contributed by atoms with E-state index in [0.29, 0.717) is 28.8 Å². The lowest BCUT2D eigenvalue weighted by Gasteiger charge is -2.10. The number of carbonyl (C=O) groups is 1. The van der Waals surface area contributed by atoms with E-state index in [2.05, 4.69) is 5.32 Å². The number of nitrogens with one attached hydrogen (secondary N) is 1. The van der Waals surface area contributed by atoms with E-state index in [1.54, 1.807) is 25.3 Å². The van der Waals surface area contributed by atoms with Gasteiger partial charge in [0.25, 0.3) is 5.91 Å². The zero-order chi connectivity index (χ0) is 12.8. The van der Waals surface area contributed by atoms with Crippen LogP contribution in [0.5, 0.6) is 0 Å². The molecule has 0 aliphatic heterocycles. The lowest BCUT2D eigenvalue weighted by Crippen LogP contribution is -2.31. The Bertz CT molecular complexity index is 378. The molecule has 0 bridgehead atoms. The van der Waals surface area contributed by atoms with Gasteiger partial charge in [0.15, 0.2) is 0 Å². The summed E-state index contributed by atoms with van der Waals surface area (Å²) in [5.41, 5.74) is 0.406. The van der Waals surface area contributed by atoms with Crippen LogP contribution in [0.4, 0.5) is 0 Å². The van der Waals surface area contributed by atoms with Crippen LogP contribution in [0, 0.1) is 0 Å². The van der Waals surface area contributed by atoms with Gasteiger partial charge in [-0.05, 0) is 18.2 Å². The smallest absolute Gasteiger partial charge is 0.251 e. The predicted molar refractivity (Wildman–Crippen MR) is 70.3 cm³/mol. The Morgan fingerprint density at radius 2 is 1.94 bits per heavy atom. The fourth-order valence-corrected chi connectivity index (χ4v) is 1.96. The molecule has 0 heterocycles. The molecular weight excluding hydrogens is 284 g/mol. The monoisotopic (exact) mass is 295 g/mol. The largest absolute Gasteiger partial charge is 0.383 e. The second-order valence-electron chi connectivity index (χ2n) is 3.42. The van der Waals surface area contributed by atoms with E-state index in [1.165, 1.54) is 0 Å². The third-order valence-corrected chi connectivity index (χ3v) is 2.67. The van der Waals surface area contributed by atoms with Gasteiger partial charge in [-0.25, -0.2) is 0 Å². The van der Waals surface area contributed by atoms with Crippen molar-refractivity contribution in [1.82, 2.24) is 5.32 Å². The van der Waals surface area contributed by atoms with Crippen molar-refractivity contribution in [3.05, 3.63) is 33.8 Å². The second kappa shape index (κ2) is 7.07. The molecule has 1 aromatic carbocycles. The highest BCUT2D eigenvalue weighted by molar-refractivity contribution is 6.35. The van der Waals surface area contributed by atoms with Crippen molar-refractivity contribution >= 4 is 40.7 Å². The summed E-state index contributed by atoms with van der Waals surface area (Å²) < 4.78 is 4.85. The molecule has 6 heteroatoms. The van der Waals surface area contributed by atoms with Gasteiger partial charge in [-0.15, -0.1) is 11.6 Å². The molecular formula is C11H12Cl3NO2. The number of hydrogen-bond acceptors (Lipinski definition) is 2. The first kappa shape index (κ1) is 14.6. The number of halogens is 3. The number of methoxy groups -OCH3 is 1. The average Bonchev–Trinajstić information content (AvgIpc) is 2.25. The third kappa shape index (κ3) is 5.13. The lowest BCUT2D eigenvalue weighted by atomic mass is 10.2. The van der Waals surface area contributed by atoms with E-state index in [0.717, 1.165) is 0 Å². The summed E-state index contributed by atoms with van der Waals surface area (Å²) in [5.74, 6) is -0.267. The predicted octanol–water partition coefficient (Wildman–Crippen LogP) is 2.98. The maximum atomic E-state index is 11.7. The van der Waals surface area contributed by atoms with Gasteiger partial charge in [0.2, 0.25) is 0 Å². The number of ether oxygens (including phenoxy) is 1. The van der Waals surface area contributed by atoms with Gasteiger partial charge in [0.1, 0.15) is 0 Å². The number of carbonyl (C=O) groups excluding carboxylic acids is 1. The zero-order valence-corrected chi connectivity index (χ0v) is 11.4. The van der Waals surface area contributed by atoms with E-state index < -0.39 is 0 Å². The van der Waals surface area contributed by atoms with Crippen LogP contribution in [0.25, 0.3) is 0 Å². The van der Waals surface area contributed by atoms with Crippen LogP contribution in [-0.4, -0.2) is 31.5 Å². The quantitative estimate of drug-likeness (QED) is 0.848. The molecule has 0 fully saturated rings. The molecule has 1 atom stereocenters. The first-order valence-corrected chi connectivity index (χ1v) is 6.09. The molecule has 0 aliphatic rings. The maximum absolute atomic E-state index is 11.7. The molecule has 94 valence electrons. The molecule has 0 saturated heterocycles. The molecule has 1 N–H and O–H groups in total. The molecule has 1 aromatic rings. The Morgan fingerprint density at radius 1 is 1.35 bits per heavy atom. The summed E-state index contributed by atoms with van der Waals surface area (Å²) in [6.07, 6.45) is 0. The summed E-state index contributed by atoms with van der Waals surface area (Å²) in [7, 11) is 1.55. The summed E-state index contributed by atoms with van der Waals surface area (Å²) in [6.45, 7) is 0.691. The van der Waals surface area contributed by atoms with Gasteiger partial charge in [0.05, 0.1) is 12.0 Å². The summed E-state index contributed by atoms with van der Waals surface area (Å²) in [5, 5.41) is 3.24. The SMILES string of the molecule is COCC(Cl)CNC(=O)c1cc(Cl)cc(Cl)c1. The van der Waals surface area contributed by atoms with Gasteiger partial charge < -0.3 is 10.1 Å². The maximum Gasteiger partial charge on any atom is 0.251 e. The van der Waals surface area contributed by atoms with Gasteiger partial charge in [-0.3, -0.25) is 4.79 Å². The van der Waals surface area contributed by atoms with Crippen LogP contribution in [0.15, 0.2) is 18.2 Å². The molecule has 0 radical (unpaired) electrons. The molecule has 0 aromatic heterocycles. The van der Waals surface area contributed by atoms with E-state index in [4.69, 9.17) is 39.5 Å². The average molecular weight is 297 g/mol. The third-order valence-electron chi connectivity index (χ3n) is 1.96. The molecule has 1 amide bonds. The Kier molecular flexibility index (Phi) is 6.06. The van der Waals surface area contributed by atoms with Crippen LogP contribution in [0.2, 0.25) is 10.0 Å². The van der Waals surface area contributed by atoms with Crippen LogP contribution in [0.3, 0.4) is 0 Å². The van der Waals surface area contributed by atoms with Crippen molar-refractivity contribution in [3.8, 4) is 0 Å². The number of amides is 1. The molecule has 0 spiro atoms. The van der Waals surface area contributed by atoms with Crippen LogP contribution in [-0.2, 0) is 4.74 Å². The molecule has 0 aliphatic carbocycles. The van der Waals surface area contributed by atoms with Crippen molar-refractivity contribution in [2.75, 3.05) is 20.3 Å². The Labute approximate surface area is 115 Å². The van der Waals surface area contributed by atoms with E-state index >= 15 is 0 Å². The normalized spacial score (nSPS) is 12.2. The van der Waals surface area contributed by atoms with Gasteiger partial charge in [0, 0.05) is 29.3 Å². The molecule has 1 rings (SSSR count). The first-order chi connectivity index (χ1) is 8.02. The summed E-state index contributed by atoms with van der Waals surface area (Å²) >= 11 is 17.5. The Morgan fingerprint density at radius 3 is 2.47 bits per heavy atom. The van der Waals surface area contributed by atoms with Crippen LogP contribution < -0.4 is 5.32 Å². The fourth-order valence-electron chi connectivity index (χ4n) is 1.23. The van der Waals surface area contributed by atoms with Crippen molar-refractivity contribution in [3.63, 3.8) is 0 Å². The first-order valence-electron chi connectivity index (χ1n) is 4.90. The summed E-state index contributed by atoms with van der Waals surface area (Å²) in [4.78, 5) is 11.7. The van der Waals surface area contributed by atoms with E-state index in [9.17, 15) is 4.79 Å². The molecule has 3 nitrogen and oxygen atoms in total. The minimum atomic E-state index is -0.267. The summed E-state index contributed by atoms with van der Waals surface area (Å²) in [6, 6.07) is 4.65. The number of hydrogen-bond donors (Lipinski definition) is 1. The van der Waals surface area contributed by atoms with Crippen molar-refractivity contribution < 1.29 is 9.53 Å². The molecule has 0 saturated carbocycles. The highest BCUT2D eigenvalue weighted by atomic mass is 35.5. The van der Waals surface area contributed by atoms with Crippen molar-refractivity contribution in [2.45, 2.75) is 5.38 Å². The standard InChI is InChI=1S/C11H12Cl3NO2/c1-17-6-10(14)5-15-11(16)7-2-8(12)4-9(13)3-7/h2-4,10H,5-6H2,1H3,(H,15,16). The van der Waals surface area contributed by atoms with Gasteiger partial charge in [-0.1, -0.05) is 23.2 Å². The van der Waals surface area contributed by atoms with Crippen LogP contribution in [0.1, 0.15) is 10.4 Å². The highest BCUT2D eigenvalue weighted by Gasteiger charge is 2.10. The second-order valence-corrected chi connectivity index (χ2v) is 4.91. The number of benzene rings is 1. The van der Waals surface area contributed by atoms with Crippen molar-refractivity contribution in [2.24, 2.45) is 0 Å². The Balaban J connectivity index is 2.58. The van der Waals surface area contributed by atoms with Crippen molar-refractivity contribution in [1.29, 1.82) is 0 Å². The highest BCUT2D eigenvalue weighted by Crippen LogP contribution is 2.18. The number of rotatable bonds is 5. The minimum absolute atomic E-state index is 0.265. The van der Waals surface area contributed by atoms with E-state index in [-0.39, 0.29) is 11.3 Å². The fraction of sp³-hybridized carbons (Fsp3) is 0.364. The molecule has 1 unspecified atom stereocenters.